The van der Waals surface area contributed by atoms with Gasteiger partial charge in [0.05, 0.1) is 37.0 Å². The topological polar surface area (TPSA) is 48.0 Å². The van der Waals surface area contributed by atoms with Crippen molar-refractivity contribution in [3.63, 3.8) is 0 Å². The third-order valence-corrected chi connectivity index (χ3v) is 4.78. The molecule has 0 bridgehead atoms. The van der Waals surface area contributed by atoms with E-state index in [2.05, 4.69) is 25.8 Å². The van der Waals surface area contributed by atoms with Crippen molar-refractivity contribution in [1.29, 1.82) is 0 Å². The molecule has 0 unspecified atom stereocenters. The smallest absolute Gasteiger partial charge is 0.339 e. The first-order chi connectivity index (χ1) is 11.4. The van der Waals surface area contributed by atoms with Gasteiger partial charge in [0.2, 0.25) is 0 Å². The van der Waals surface area contributed by atoms with Crippen LogP contribution in [0, 0.1) is 5.92 Å². The van der Waals surface area contributed by atoms with E-state index in [9.17, 15) is 4.79 Å². The Morgan fingerprint density at radius 2 is 1.96 bits per heavy atom. The lowest BCUT2D eigenvalue weighted by atomic mass is 10.1. The molecule has 24 heavy (non-hydrogen) atoms. The Morgan fingerprint density at radius 1 is 1.25 bits per heavy atom. The highest BCUT2D eigenvalue weighted by atomic mass is 32.1. The molecule has 2 rings (SSSR count). The van der Waals surface area contributed by atoms with E-state index in [0.29, 0.717) is 23.8 Å². The van der Waals surface area contributed by atoms with Crippen LogP contribution in [0.1, 0.15) is 29.8 Å². The molecule has 0 radical (unpaired) electrons. The Labute approximate surface area is 147 Å². The molecule has 0 spiro atoms. The fourth-order valence-electron chi connectivity index (χ4n) is 2.96. The van der Waals surface area contributed by atoms with Crippen molar-refractivity contribution in [3.8, 4) is 11.5 Å². The van der Waals surface area contributed by atoms with Gasteiger partial charge >= 0.3 is 5.97 Å². The van der Waals surface area contributed by atoms with Crippen LogP contribution >= 0.6 is 11.3 Å². The van der Waals surface area contributed by atoms with Crippen LogP contribution in [0.25, 0.3) is 10.1 Å². The maximum atomic E-state index is 12.1. The molecule has 5 nitrogen and oxygen atoms in total. The van der Waals surface area contributed by atoms with Crippen LogP contribution < -0.4 is 9.47 Å². The van der Waals surface area contributed by atoms with Crippen molar-refractivity contribution in [3.05, 3.63) is 22.6 Å². The van der Waals surface area contributed by atoms with Crippen LogP contribution in [0.4, 0.5) is 0 Å². The molecule has 0 aliphatic carbocycles. The Morgan fingerprint density at radius 3 is 2.50 bits per heavy atom. The highest BCUT2D eigenvalue weighted by molar-refractivity contribution is 7.18. The van der Waals surface area contributed by atoms with Crippen molar-refractivity contribution >= 4 is 27.4 Å². The minimum Gasteiger partial charge on any atom is -0.496 e. The van der Waals surface area contributed by atoms with Gasteiger partial charge in [-0.2, -0.15) is 0 Å². The van der Waals surface area contributed by atoms with E-state index in [0.717, 1.165) is 27.9 Å². The second-order valence-electron chi connectivity index (χ2n) is 6.21. The van der Waals surface area contributed by atoms with Gasteiger partial charge in [-0.15, -0.1) is 11.3 Å². The number of rotatable bonds is 7. The highest BCUT2D eigenvalue weighted by Gasteiger charge is 2.23. The molecule has 1 aromatic carbocycles. The van der Waals surface area contributed by atoms with Gasteiger partial charge in [-0.25, -0.2) is 4.79 Å². The van der Waals surface area contributed by atoms with E-state index < -0.39 is 0 Å². The van der Waals surface area contributed by atoms with Gasteiger partial charge in [0, 0.05) is 24.0 Å². The SMILES string of the molecule is COC(=O)c1csc2c(OC)cc(CN(C)CC(C)C)c(OC)c12. The average Bonchev–Trinajstić information content (AvgIpc) is 2.97. The standard InChI is InChI=1S/C18H25NO4S/c1-11(2)8-19(3)9-12-7-14(21-4)17-15(16(12)22-5)13(10-24-17)18(20)23-6/h7,10-11H,8-9H2,1-6H3. The summed E-state index contributed by atoms with van der Waals surface area (Å²) in [5.74, 6) is 1.66. The van der Waals surface area contributed by atoms with E-state index in [1.54, 1.807) is 19.6 Å². The molecular weight excluding hydrogens is 326 g/mol. The van der Waals surface area contributed by atoms with Gasteiger partial charge in [-0.3, -0.25) is 0 Å². The van der Waals surface area contributed by atoms with Crippen molar-refractivity contribution < 1.29 is 19.0 Å². The summed E-state index contributed by atoms with van der Waals surface area (Å²) in [5, 5.41) is 2.56. The molecule has 0 aliphatic heterocycles. The lowest BCUT2D eigenvalue weighted by molar-refractivity contribution is 0.0603. The van der Waals surface area contributed by atoms with E-state index in [4.69, 9.17) is 14.2 Å². The molecule has 1 aromatic heterocycles. The van der Waals surface area contributed by atoms with Gasteiger partial charge in [0.15, 0.2) is 0 Å². The van der Waals surface area contributed by atoms with Crippen LogP contribution in [0.15, 0.2) is 11.4 Å². The monoisotopic (exact) mass is 351 g/mol. The molecule has 0 saturated heterocycles. The summed E-state index contributed by atoms with van der Waals surface area (Å²) in [5.41, 5.74) is 1.51. The molecule has 0 amide bonds. The van der Waals surface area contributed by atoms with Crippen molar-refractivity contribution in [2.24, 2.45) is 5.92 Å². The summed E-state index contributed by atoms with van der Waals surface area (Å²) >= 11 is 1.46. The number of esters is 1. The molecule has 6 heteroatoms. The molecule has 132 valence electrons. The van der Waals surface area contributed by atoms with Gasteiger partial charge < -0.3 is 19.1 Å². The number of hydrogen-bond acceptors (Lipinski definition) is 6. The summed E-state index contributed by atoms with van der Waals surface area (Å²) in [6.07, 6.45) is 0. The van der Waals surface area contributed by atoms with Crippen LogP contribution in [0.3, 0.4) is 0 Å². The molecule has 0 atom stereocenters. The summed E-state index contributed by atoms with van der Waals surface area (Å²) in [7, 11) is 6.73. The first kappa shape index (κ1) is 18.5. The largest absolute Gasteiger partial charge is 0.496 e. The summed E-state index contributed by atoms with van der Waals surface area (Å²) < 4.78 is 17.0. The third kappa shape index (κ3) is 3.65. The molecule has 0 saturated carbocycles. The fraction of sp³-hybridized carbons (Fsp3) is 0.500. The number of carbonyl (C=O) groups is 1. The molecule has 1 heterocycles. The van der Waals surface area contributed by atoms with Gasteiger partial charge in [0.1, 0.15) is 11.5 Å². The first-order valence-electron chi connectivity index (χ1n) is 7.84. The number of thiophene rings is 1. The number of benzene rings is 1. The minimum atomic E-state index is -0.366. The van der Waals surface area contributed by atoms with E-state index in [1.165, 1.54) is 18.4 Å². The van der Waals surface area contributed by atoms with Crippen molar-refractivity contribution in [1.82, 2.24) is 4.90 Å². The van der Waals surface area contributed by atoms with Crippen LogP contribution in [0.2, 0.25) is 0 Å². The molecule has 0 aliphatic rings. The van der Waals surface area contributed by atoms with E-state index in [1.807, 2.05) is 6.07 Å². The Kier molecular flexibility index (Phi) is 6.07. The minimum absolute atomic E-state index is 0.366. The molecule has 2 aromatic rings. The van der Waals surface area contributed by atoms with Gasteiger partial charge in [0.25, 0.3) is 0 Å². The highest BCUT2D eigenvalue weighted by Crippen LogP contribution is 2.43. The number of nitrogens with zero attached hydrogens (tertiary/aromatic N) is 1. The Bertz CT molecular complexity index is 723. The summed E-state index contributed by atoms with van der Waals surface area (Å²) in [6.45, 7) is 6.05. The van der Waals surface area contributed by atoms with Crippen molar-refractivity contribution in [2.45, 2.75) is 20.4 Å². The zero-order valence-corrected chi connectivity index (χ0v) is 16.0. The second-order valence-corrected chi connectivity index (χ2v) is 7.09. The number of carbonyl (C=O) groups excluding carboxylic acids is 1. The Hall–Kier alpha value is -1.79. The van der Waals surface area contributed by atoms with Crippen LogP contribution in [0.5, 0.6) is 11.5 Å². The summed E-state index contributed by atoms with van der Waals surface area (Å²) in [6, 6.07) is 2.00. The van der Waals surface area contributed by atoms with Crippen molar-refractivity contribution in [2.75, 3.05) is 34.9 Å². The molecule has 0 fully saturated rings. The zero-order valence-electron chi connectivity index (χ0n) is 15.1. The predicted molar refractivity (Wildman–Crippen MR) is 97.4 cm³/mol. The van der Waals surface area contributed by atoms with E-state index >= 15 is 0 Å². The first-order valence-corrected chi connectivity index (χ1v) is 8.72. The Balaban J connectivity index is 2.60. The van der Waals surface area contributed by atoms with Gasteiger partial charge in [-0.05, 0) is 19.0 Å². The third-order valence-electron chi connectivity index (χ3n) is 3.79. The van der Waals surface area contributed by atoms with Gasteiger partial charge in [-0.1, -0.05) is 13.8 Å². The lowest BCUT2D eigenvalue weighted by Crippen LogP contribution is -2.23. The number of ether oxygens (including phenoxy) is 3. The summed E-state index contributed by atoms with van der Waals surface area (Å²) in [4.78, 5) is 14.3. The zero-order chi connectivity index (χ0) is 17.9. The number of fused-ring (bicyclic) bond motifs is 1. The maximum Gasteiger partial charge on any atom is 0.339 e. The number of methoxy groups -OCH3 is 3. The second kappa shape index (κ2) is 7.85. The quantitative estimate of drug-likeness (QED) is 0.710. The molecular formula is C18H25NO4S. The maximum absolute atomic E-state index is 12.1. The normalized spacial score (nSPS) is 11.3. The van der Waals surface area contributed by atoms with Crippen LogP contribution in [-0.4, -0.2) is 45.8 Å². The lowest BCUT2D eigenvalue weighted by Gasteiger charge is -2.21. The fourth-order valence-corrected chi connectivity index (χ4v) is 3.98. The van der Waals surface area contributed by atoms with E-state index in [-0.39, 0.29) is 5.97 Å². The molecule has 0 N–H and O–H groups in total. The average molecular weight is 351 g/mol. The van der Waals surface area contributed by atoms with Crippen LogP contribution in [-0.2, 0) is 11.3 Å². The predicted octanol–water partition coefficient (Wildman–Crippen LogP) is 3.79. The number of hydrogen-bond donors (Lipinski definition) is 0.